The fourth-order valence-electron chi connectivity index (χ4n) is 1.43. The first kappa shape index (κ1) is 13.7. The van der Waals surface area contributed by atoms with Crippen LogP contribution in [0.15, 0.2) is 28.7 Å². The van der Waals surface area contributed by atoms with Crippen LogP contribution < -0.4 is 5.32 Å². The Kier molecular flexibility index (Phi) is 4.96. The molecule has 0 fully saturated rings. The van der Waals surface area contributed by atoms with Gasteiger partial charge < -0.3 is 10.4 Å². The average molecular weight is 286 g/mol. The molecule has 0 heterocycles. The zero-order chi connectivity index (χ0) is 12.2. The van der Waals surface area contributed by atoms with Crippen molar-refractivity contribution in [2.75, 3.05) is 6.54 Å². The zero-order valence-corrected chi connectivity index (χ0v) is 11.7. The van der Waals surface area contributed by atoms with Gasteiger partial charge in [-0.15, -0.1) is 0 Å². The third kappa shape index (κ3) is 3.89. The summed E-state index contributed by atoms with van der Waals surface area (Å²) in [4.78, 5) is 0. The second kappa shape index (κ2) is 5.80. The van der Waals surface area contributed by atoms with Gasteiger partial charge in [-0.05, 0) is 31.9 Å². The molecule has 0 amide bonds. The predicted octanol–water partition coefficient (Wildman–Crippen LogP) is 3.26. The van der Waals surface area contributed by atoms with Crippen molar-refractivity contribution in [3.8, 4) is 0 Å². The number of nitrogens with one attached hydrogen (secondary N) is 1. The van der Waals surface area contributed by atoms with Crippen LogP contribution in [0.1, 0.15) is 38.8 Å². The summed E-state index contributed by atoms with van der Waals surface area (Å²) in [5, 5.41) is 13.3. The number of aliphatic hydroxyl groups is 1. The summed E-state index contributed by atoms with van der Waals surface area (Å²) in [7, 11) is 0. The Hall–Kier alpha value is -0.380. The van der Waals surface area contributed by atoms with Crippen LogP contribution in [0.3, 0.4) is 0 Å². The van der Waals surface area contributed by atoms with Crippen LogP contribution in [0.25, 0.3) is 0 Å². The molecule has 0 aliphatic rings. The lowest BCUT2D eigenvalue weighted by Crippen LogP contribution is -2.38. The zero-order valence-electron chi connectivity index (χ0n) is 10.1. The normalized spacial score (nSPS) is 16.8. The van der Waals surface area contributed by atoms with E-state index in [-0.39, 0.29) is 6.04 Å². The monoisotopic (exact) mass is 285 g/mol. The maximum atomic E-state index is 9.91. The van der Waals surface area contributed by atoms with Gasteiger partial charge in [-0.2, -0.15) is 0 Å². The lowest BCUT2D eigenvalue weighted by atomic mass is 10.0. The molecule has 90 valence electrons. The van der Waals surface area contributed by atoms with Crippen molar-refractivity contribution in [3.63, 3.8) is 0 Å². The Balaban J connectivity index is 2.60. The summed E-state index contributed by atoms with van der Waals surface area (Å²) >= 11 is 3.53. The highest BCUT2D eigenvalue weighted by Crippen LogP contribution is 2.23. The van der Waals surface area contributed by atoms with E-state index in [0.29, 0.717) is 6.54 Å². The smallest absolute Gasteiger partial charge is 0.0741 e. The van der Waals surface area contributed by atoms with Crippen molar-refractivity contribution in [2.45, 2.75) is 38.8 Å². The van der Waals surface area contributed by atoms with Crippen molar-refractivity contribution in [1.82, 2.24) is 5.32 Å². The Bertz CT molecular complexity index is 338. The second-order valence-electron chi connectivity index (χ2n) is 4.47. The van der Waals surface area contributed by atoms with Gasteiger partial charge in [0.25, 0.3) is 0 Å². The Labute approximate surface area is 106 Å². The maximum absolute atomic E-state index is 9.91. The van der Waals surface area contributed by atoms with Crippen LogP contribution in [0.4, 0.5) is 0 Å². The van der Waals surface area contributed by atoms with E-state index >= 15 is 0 Å². The first-order valence-corrected chi connectivity index (χ1v) is 6.46. The topological polar surface area (TPSA) is 32.3 Å². The first-order valence-electron chi connectivity index (χ1n) is 5.66. The molecule has 2 atom stereocenters. The van der Waals surface area contributed by atoms with E-state index < -0.39 is 5.60 Å². The predicted molar refractivity (Wildman–Crippen MR) is 71.5 cm³/mol. The molecule has 2 nitrogen and oxygen atoms in total. The lowest BCUT2D eigenvalue weighted by Gasteiger charge is -2.25. The first-order chi connectivity index (χ1) is 7.46. The summed E-state index contributed by atoms with van der Waals surface area (Å²) in [6, 6.07) is 8.38. The van der Waals surface area contributed by atoms with E-state index in [4.69, 9.17) is 0 Å². The van der Waals surface area contributed by atoms with Gasteiger partial charge in [0, 0.05) is 17.1 Å². The highest BCUT2D eigenvalue weighted by molar-refractivity contribution is 9.10. The largest absolute Gasteiger partial charge is 0.389 e. The van der Waals surface area contributed by atoms with Crippen molar-refractivity contribution >= 4 is 15.9 Å². The van der Waals surface area contributed by atoms with Gasteiger partial charge in [0.05, 0.1) is 5.60 Å². The number of hydrogen-bond acceptors (Lipinski definition) is 2. The lowest BCUT2D eigenvalue weighted by molar-refractivity contribution is 0.0533. The quantitative estimate of drug-likeness (QED) is 0.870. The van der Waals surface area contributed by atoms with Crippen LogP contribution >= 0.6 is 15.9 Å². The van der Waals surface area contributed by atoms with Gasteiger partial charge in [-0.1, -0.05) is 41.1 Å². The van der Waals surface area contributed by atoms with Crippen LogP contribution in [0.2, 0.25) is 0 Å². The number of benzene rings is 1. The van der Waals surface area contributed by atoms with Gasteiger partial charge in [-0.25, -0.2) is 0 Å². The minimum Gasteiger partial charge on any atom is -0.389 e. The highest BCUT2D eigenvalue weighted by atomic mass is 79.9. The fraction of sp³-hybridized carbons (Fsp3) is 0.538. The molecule has 1 unspecified atom stereocenters. The van der Waals surface area contributed by atoms with Crippen molar-refractivity contribution in [3.05, 3.63) is 34.3 Å². The molecule has 0 radical (unpaired) electrons. The Morgan fingerprint density at radius 2 is 2.06 bits per heavy atom. The van der Waals surface area contributed by atoms with E-state index in [1.807, 2.05) is 32.0 Å². The SMILES string of the molecule is CCC(C)(O)CN[C@@H](C)c1ccccc1Br. The average Bonchev–Trinajstić information content (AvgIpc) is 2.27. The van der Waals surface area contributed by atoms with E-state index in [2.05, 4.69) is 34.2 Å². The number of rotatable bonds is 5. The van der Waals surface area contributed by atoms with Crippen LogP contribution in [-0.4, -0.2) is 17.3 Å². The third-order valence-corrected chi connectivity index (χ3v) is 3.64. The maximum Gasteiger partial charge on any atom is 0.0741 e. The molecule has 0 spiro atoms. The summed E-state index contributed by atoms with van der Waals surface area (Å²) < 4.78 is 1.10. The van der Waals surface area contributed by atoms with E-state index in [1.165, 1.54) is 5.56 Å². The van der Waals surface area contributed by atoms with Gasteiger partial charge in [-0.3, -0.25) is 0 Å². The molecule has 2 N–H and O–H groups in total. The van der Waals surface area contributed by atoms with Crippen molar-refractivity contribution < 1.29 is 5.11 Å². The molecule has 1 rings (SSSR count). The minimum absolute atomic E-state index is 0.230. The Morgan fingerprint density at radius 3 is 2.62 bits per heavy atom. The van der Waals surface area contributed by atoms with Gasteiger partial charge in [0.1, 0.15) is 0 Å². The standard InChI is InChI=1S/C13H20BrNO/c1-4-13(3,16)9-15-10(2)11-7-5-6-8-12(11)14/h5-8,10,15-16H,4,9H2,1-3H3/t10-,13?/m0/s1. The van der Waals surface area contributed by atoms with Gasteiger partial charge in [0.2, 0.25) is 0 Å². The van der Waals surface area contributed by atoms with Crippen molar-refractivity contribution in [1.29, 1.82) is 0 Å². The molecule has 0 bridgehead atoms. The molecule has 0 aliphatic heterocycles. The molecule has 0 saturated carbocycles. The fourth-order valence-corrected chi connectivity index (χ4v) is 2.06. The van der Waals surface area contributed by atoms with E-state index in [1.54, 1.807) is 0 Å². The summed E-state index contributed by atoms with van der Waals surface area (Å²) in [5.41, 5.74) is 0.588. The van der Waals surface area contributed by atoms with Crippen LogP contribution in [0.5, 0.6) is 0 Å². The molecule has 0 saturated heterocycles. The van der Waals surface area contributed by atoms with Crippen molar-refractivity contribution in [2.24, 2.45) is 0 Å². The van der Waals surface area contributed by atoms with Gasteiger partial charge >= 0.3 is 0 Å². The molecule has 1 aromatic rings. The second-order valence-corrected chi connectivity index (χ2v) is 5.33. The van der Waals surface area contributed by atoms with Gasteiger partial charge in [0.15, 0.2) is 0 Å². The molecule has 0 aromatic heterocycles. The molecule has 0 aliphatic carbocycles. The van der Waals surface area contributed by atoms with E-state index in [0.717, 1.165) is 10.9 Å². The molecule has 16 heavy (non-hydrogen) atoms. The molecular formula is C13H20BrNO. The Morgan fingerprint density at radius 1 is 1.44 bits per heavy atom. The number of halogens is 1. The summed E-state index contributed by atoms with van der Waals surface area (Å²) in [5.74, 6) is 0. The van der Waals surface area contributed by atoms with Crippen LogP contribution in [0, 0.1) is 0 Å². The van der Waals surface area contributed by atoms with Crippen LogP contribution in [-0.2, 0) is 0 Å². The highest BCUT2D eigenvalue weighted by Gasteiger charge is 2.18. The summed E-state index contributed by atoms with van der Waals surface area (Å²) in [6.45, 7) is 6.55. The third-order valence-electron chi connectivity index (χ3n) is 2.92. The number of hydrogen-bond donors (Lipinski definition) is 2. The molecule has 3 heteroatoms. The van der Waals surface area contributed by atoms with E-state index in [9.17, 15) is 5.11 Å². The molecular weight excluding hydrogens is 266 g/mol. The minimum atomic E-state index is -0.629. The molecule has 1 aromatic carbocycles. The summed E-state index contributed by atoms with van der Waals surface area (Å²) in [6.07, 6.45) is 0.753.